The van der Waals surface area contributed by atoms with Crippen molar-refractivity contribution >= 4 is 17.3 Å². The number of amides is 1. The smallest absolute Gasteiger partial charge is 0.262 e. The van der Waals surface area contributed by atoms with Gasteiger partial charge in [0.05, 0.1) is 6.61 Å². The first-order valence-corrected chi connectivity index (χ1v) is 10.5. The van der Waals surface area contributed by atoms with Gasteiger partial charge in [0.2, 0.25) is 6.79 Å². The van der Waals surface area contributed by atoms with Gasteiger partial charge in [-0.25, -0.2) is 0 Å². The summed E-state index contributed by atoms with van der Waals surface area (Å²) in [5.74, 6) is 2.38. The fourth-order valence-electron chi connectivity index (χ4n) is 3.24. The first-order chi connectivity index (χ1) is 15.6. The lowest BCUT2D eigenvalue weighted by Gasteiger charge is -2.14. The monoisotopic (exact) mass is 434 g/mol. The number of carbonyl (C=O) groups is 1. The molecule has 3 aromatic rings. The van der Waals surface area contributed by atoms with Gasteiger partial charge in [0.1, 0.15) is 0 Å². The van der Waals surface area contributed by atoms with E-state index >= 15 is 0 Å². The molecule has 0 aliphatic carbocycles. The molecule has 0 unspecified atom stereocenters. The van der Waals surface area contributed by atoms with Crippen LogP contribution >= 0.6 is 0 Å². The van der Waals surface area contributed by atoms with Crippen molar-refractivity contribution in [3.05, 3.63) is 71.8 Å². The van der Waals surface area contributed by atoms with Crippen molar-refractivity contribution in [2.45, 2.75) is 20.4 Å². The van der Waals surface area contributed by atoms with E-state index in [9.17, 15) is 4.79 Å². The Hall–Kier alpha value is -3.87. The third-order valence-corrected chi connectivity index (χ3v) is 4.87. The van der Waals surface area contributed by atoms with Gasteiger partial charge >= 0.3 is 0 Å². The highest BCUT2D eigenvalue weighted by atomic mass is 16.7. The van der Waals surface area contributed by atoms with Crippen LogP contribution in [0.4, 0.5) is 11.4 Å². The van der Waals surface area contributed by atoms with Crippen molar-refractivity contribution in [3.8, 4) is 23.0 Å². The highest BCUT2D eigenvalue weighted by Gasteiger charge is 2.14. The van der Waals surface area contributed by atoms with Crippen molar-refractivity contribution < 1.29 is 23.7 Å². The number of benzene rings is 3. The molecule has 0 saturated heterocycles. The average molecular weight is 434 g/mol. The Labute approximate surface area is 187 Å². The third-order valence-electron chi connectivity index (χ3n) is 4.87. The van der Waals surface area contributed by atoms with Crippen LogP contribution in [-0.4, -0.2) is 25.9 Å². The zero-order valence-corrected chi connectivity index (χ0v) is 18.1. The van der Waals surface area contributed by atoms with Crippen molar-refractivity contribution in [3.63, 3.8) is 0 Å². The standard InChI is InChI=1S/C25H26N2O5/c1-3-29-23-12-18(14-26-20-9-11-22-24(13-20)32-16-31-22)6-10-21(23)30-15-25(28)27-19-7-4-17(2)5-8-19/h4-13,26H,3,14-16H2,1-2H3,(H,27,28). The first-order valence-electron chi connectivity index (χ1n) is 10.5. The first kappa shape index (κ1) is 21.4. The summed E-state index contributed by atoms with van der Waals surface area (Å²) in [4.78, 5) is 12.2. The molecule has 0 bridgehead atoms. The Bertz CT molecular complexity index is 1080. The number of rotatable bonds is 9. The molecule has 3 aromatic carbocycles. The highest BCUT2D eigenvalue weighted by molar-refractivity contribution is 5.91. The Morgan fingerprint density at radius 3 is 2.50 bits per heavy atom. The fraction of sp³-hybridized carbons (Fsp3) is 0.240. The number of fused-ring (bicyclic) bond motifs is 1. The van der Waals surface area contributed by atoms with Crippen LogP contribution < -0.4 is 29.6 Å². The molecule has 1 aliphatic rings. The lowest BCUT2D eigenvalue weighted by Crippen LogP contribution is -2.20. The second-order valence-electron chi connectivity index (χ2n) is 7.34. The normalized spacial score (nSPS) is 11.7. The topological polar surface area (TPSA) is 78.1 Å². The molecule has 0 saturated carbocycles. The minimum Gasteiger partial charge on any atom is -0.490 e. The van der Waals surface area contributed by atoms with Gasteiger partial charge < -0.3 is 29.6 Å². The van der Waals surface area contributed by atoms with E-state index in [-0.39, 0.29) is 19.3 Å². The molecule has 0 radical (unpaired) electrons. The quantitative estimate of drug-likeness (QED) is 0.506. The Morgan fingerprint density at radius 1 is 0.906 bits per heavy atom. The number of ether oxygens (including phenoxy) is 4. The second kappa shape index (κ2) is 9.96. The molecule has 0 atom stereocenters. The van der Waals surface area contributed by atoms with E-state index in [1.165, 1.54) is 0 Å². The zero-order valence-electron chi connectivity index (χ0n) is 18.1. The van der Waals surface area contributed by atoms with E-state index in [2.05, 4.69) is 10.6 Å². The van der Waals surface area contributed by atoms with Crippen LogP contribution in [0.2, 0.25) is 0 Å². The maximum atomic E-state index is 12.2. The largest absolute Gasteiger partial charge is 0.490 e. The molecule has 166 valence electrons. The summed E-state index contributed by atoms with van der Waals surface area (Å²) in [5, 5.41) is 6.19. The molecular formula is C25H26N2O5. The number of hydrogen-bond donors (Lipinski definition) is 2. The number of aryl methyl sites for hydroxylation is 1. The minimum absolute atomic E-state index is 0.108. The molecule has 0 fully saturated rings. The van der Waals surface area contributed by atoms with Crippen LogP contribution in [0.1, 0.15) is 18.1 Å². The van der Waals surface area contributed by atoms with Gasteiger partial charge in [0, 0.05) is 24.0 Å². The summed E-state index contributed by atoms with van der Waals surface area (Å²) >= 11 is 0. The Kier molecular flexibility index (Phi) is 6.65. The summed E-state index contributed by atoms with van der Waals surface area (Å²) in [6.07, 6.45) is 0. The number of anilines is 2. The van der Waals surface area contributed by atoms with Crippen LogP contribution in [0, 0.1) is 6.92 Å². The number of nitrogens with one attached hydrogen (secondary N) is 2. The van der Waals surface area contributed by atoms with Gasteiger partial charge in [0.25, 0.3) is 5.91 Å². The lowest BCUT2D eigenvalue weighted by atomic mass is 10.2. The molecule has 0 spiro atoms. The van der Waals surface area contributed by atoms with E-state index < -0.39 is 0 Å². The Balaban J connectivity index is 1.35. The summed E-state index contributed by atoms with van der Waals surface area (Å²) in [5.41, 5.74) is 3.82. The van der Waals surface area contributed by atoms with Gasteiger partial charge in [-0.3, -0.25) is 4.79 Å². The lowest BCUT2D eigenvalue weighted by molar-refractivity contribution is -0.118. The molecule has 1 heterocycles. The van der Waals surface area contributed by atoms with Crippen LogP contribution in [0.3, 0.4) is 0 Å². The van der Waals surface area contributed by atoms with Crippen molar-refractivity contribution in [1.29, 1.82) is 0 Å². The minimum atomic E-state index is -0.232. The predicted molar refractivity (Wildman–Crippen MR) is 123 cm³/mol. The third kappa shape index (κ3) is 5.43. The SMILES string of the molecule is CCOc1cc(CNc2ccc3c(c2)OCO3)ccc1OCC(=O)Nc1ccc(C)cc1. The Morgan fingerprint density at radius 2 is 1.69 bits per heavy atom. The van der Waals surface area contributed by atoms with Gasteiger partial charge in [-0.2, -0.15) is 0 Å². The molecular weight excluding hydrogens is 408 g/mol. The average Bonchev–Trinajstić information content (AvgIpc) is 3.27. The second-order valence-corrected chi connectivity index (χ2v) is 7.34. The summed E-state index contributed by atoms with van der Waals surface area (Å²) in [6, 6.07) is 19.0. The predicted octanol–water partition coefficient (Wildman–Crippen LogP) is 4.75. The summed E-state index contributed by atoms with van der Waals surface area (Å²) < 4.78 is 22.2. The van der Waals surface area contributed by atoms with Gasteiger partial charge in [-0.15, -0.1) is 0 Å². The fourth-order valence-corrected chi connectivity index (χ4v) is 3.24. The highest BCUT2D eigenvalue weighted by Crippen LogP contribution is 2.34. The van der Waals surface area contributed by atoms with Gasteiger partial charge in [0.15, 0.2) is 29.6 Å². The molecule has 4 rings (SSSR count). The summed E-state index contributed by atoms with van der Waals surface area (Å²) in [6.45, 7) is 5.13. The van der Waals surface area contributed by atoms with Crippen molar-refractivity contribution in [2.24, 2.45) is 0 Å². The van der Waals surface area contributed by atoms with Crippen molar-refractivity contribution in [2.75, 3.05) is 30.6 Å². The van der Waals surface area contributed by atoms with Crippen LogP contribution in [0.15, 0.2) is 60.7 Å². The van der Waals surface area contributed by atoms with Gasteiger partial charge in [-0.1, -0.05) is 23.8 Å². The number of hydrogen-bond acceptors (Lipinski definition) is 6. The molecule has 7 nitrogen and oxygen atoms in total. The van der Waals surface area contributed by atoms with Crippen LogP contribution in [0.5, 0.6) is 23.0 Å². The molecule has 0 aromatic heterocycles. The van der Waals surface area contributed by atoms with E-state index in [4.69, 9.17) is 18.9 Å². The van der Waals surface area contributed by atoms with E-state index in [1.807, 2.05) is 74.5 Å². The molecule has 1 aliphatic heterocycles. The van der Waals surface area contributed by atoms with E-state index in [0.717, 1.165) is 34.0 Å². The van der Waals surface area contributed by atoms with E-state index in [0.29, 0.717) is 24.7 Å². The molecule has 32 heavy (non-hydrogen) atoms. The summed E-state index contributed by atoms with van der Waals surface area (Å²) in [7, 11) is 0. The maximum Gasteiger partial charge on any atom is 0.262 e. The van der Waals surface area contributed by atoms with Gasteiger partial charge in [-0.05, 0) is 55.8 Å². The number of carbonyl (C=O) groups excluding carboxylic acids is 1. The molecule has 1 amide bonds. The maximum absolute atomic E-state index is 12.2. The molecule has 2 N–H and O–H groups in total. The van der Waals surface area contributed by atoms with Crippen LogP contribution in [-0.2, 0) is 11.3 Å². The van der Waals surface area contributed by atoms with Crippen molar-refractivity contribution in [1.82, 2.24) is 0 Å². The zero-order chi connectivity index (χ0) is 22.3. The van der Waals surface area contributed by atoms with Crippen LogP contribution in [0.25, 0.3) is 0 Å². The van der Waals surface area contributed by atoms with E-state index in [1.54, 1.807) is 0 Å². The molecule has 7 heteroatoms.